The Morgan fingerprint density at radius 3 is 2.56 bits per heavy atom. The van der Waals surface area contributed by atoms with Crippen LogP contribution in [0.5, 0.6) is 0 Å². The number of fused-ring (bicyclic) bond motifs is 5. The van der Waals surface area contributed by atoms with E-state index in [4.69, 9.17) is 4.74 Å². The van der Waals surface area contributed by atoms with Gasteiger partial charge in [0.2, 0.25) is 0 Å². The maximum absolute atomic E-state index is 12.1. The van der Waals surface area contributed by atoms with Crippen molar-refractivity contribution in [2.24, 2.45) is 23.7 Å². The van der Waals surface area contributed by atoms with Crippen LogP contribution in [0.25, 0.3) is 0 Å². The van der Waals surface area contributed by atoms with E-state index in [1.807, 2.05) is 6.92 Å². The second-order valence-electron chi connectivity index (χ2n) is 6.11. The molecule has 2 bridgehead atoms. The van der Waals surface area contributed by atoms with Gasteiger partial charge in [-0.05, 0) is 50.5 Å². The largest absolute Gasteiger partial charge is 0.463 e. The molecule has 0 aromatic carbocycles. The molecule has 4 atom stereocenters. The van der Waals surface area contributed by atoms with Crippen LogP contribution in [-0.4, -0.2) is 23.3 Å². The summed E-state index contributed by atoms with van der Waals surface area (Å²) in [6.45, 7) is 5.75. The van der Waals surface area contributed by atoms with Crippen molar-refractivity contribution in [2.75, 3.05) is 6.61 Å². The van der Waals surface area contributed by atoms with E-state index in [1.165, 1.54) is 0 Å². The molecule has 1 N–H and O–H groups in total. The van der Waals surface area contributed by atoms with Gasteiger partial charge in [-0.3, -0.25) is 0 Å². The van der Waals surface area contributed by atoms with Crippen LogP contribution in [0.2, 0.25) is 0 Å². The minimum Gasteiger partial charge on any atom is -0.463 e. The van der Waals surface area contributed by atoms with Gasteiger partial charge in [-0.2, -0.15) is 0 Å². The molecule has 0 unspecified atom stereocenters. The summed E-state index contributed by atoms with van der Waals surface area (Å²) in [6.07, 6.45) is 5.60. The number of carbonyl (C=O) groups excluding carboxylic acids is 1. The molecule has 0 spiro atoms. The van der Waals surface area contributed by atoms with Gasteiger partial charge in [-0.25, -0.2) is 4.79 Å². The van der Waals surface area contributed by atoms with Crippen molar-refractivity contribution in [3.63, 3.8) is 0 Å². The molecule has 3 nitrogen and oxygen atoms in total. The van der Waals surface area contributed by atoms with Crippen LogP contribution in [0, 0.1) is 23.7 Å². The van der Waals surface area contributed by atoms with E-state index in [9.17, 15) is 9.90 Å². The van der Waals surface area contributed by atoms with Gasteiger partial charge >= 0.3 is 5.97 Å². The van der Waals surface area contributed by atoms with Gasteiger partial charge in [0, 0.05) is 11.5 Å². The summed E-state index contributed by atoms with van der Waals surface area (Å²) in [4.78, 5) is 12.1. The van der Waals surface area contributed by atoms with Gasteiger partial charge in [0.05, 0.1) is 12.2 Å². The summed E-state index contributed by atoms with van der Waals surface area (Å²) >= 11 is 0. The minimum atomic E-state index is -0.915. The fourth-order valence-corrected chi connectivity index (χ4v) is 4.06. The number of hydrogen-bond acceptors (Lipinski definition) is 3. The maximum atomic E-state index is 12.1. The fraction of sp³-hybridized carbons (Fsp3) is 0.667. The van der Waals surface area contributed by atoms with Crippen LogP contribution in [0.3, 0.4) is 0 Å². The van der Waals surface area contributed by atoms with Crippen LogP contribution < -0.4 is 0 Å². The topological polar surface area (TPSA) is 46.5 Å². The Labute approximate surface area is 108 Å². The van der Waals surface area contributed by atoms with Crippen molar-refractivity contribution >= 4 is 5.97 Å². The molecule has 0 aromatic heterocycles. The number of allylic oxidation sites excluding steroid dienone is 2. The molecule has 0 aliphatic heterocycles. The molecule has 0 radical (unpaired) electrons. The second-order valence-corrected chi connectivity index (χ2v) is 6.11. The second kappa shape index (κ2) is 3.70. The maximum Gasteiger partial charge on any atom is 0.334 e. The van der Waals surface area contributed by atoms with Crippen molar-refractivity contribution in [1.82, 2.24) is 0 Å². The van der Waals surface area contributed by atoms with Crippen molar-refractivity contribution in [2.45, 2.75) is 32.8 Å². The zero-order valence-corrected chi connectivity index (χ0v) is 11.1. The lowest BCUT2D eigenvalue weighted by atomic mass is 9.59. The molecule has 0 aromatic rings. The molecule has 3 aliphatic rings. The summed E-state index contributed by atoms with van der Waals surface area (Å²) in [5.74, 6) is 1.42. The Kier molecular flexibility index (Phi) is 2.46. The highest BCUT2D eigenvalue weighted by Gasteiger charge is 2.59. The van der Waals surface area contributed by atoms with E-state index in [2.05, 4.69) is 12.2 Å². The third kappa shape index (κ3) is 1.43. The zero-order valence-electron chi connectivity index (χ0n) is 11.1. The predicted molar refractivity (Wildman–Crippen MR) is 67.7 cm³/mol. The van der Waals surface area contributed by atoms with Crippen LogP contribution >= 0.6 is 0 Å². The Hall–Kier alpha value is -1.09. The molecule has 1 fully saturated rings. The monoisotopic (exact) mass is 248 g/mol. The van der Waals surface area contributed by atoms with Crippen molar-refractivity contribution in [3.8, 4) is 0 Å². The van der Waals surface area contributed by atoms with Crippen LogP contribution in [-0.2, 0) is 9.53 Å². The first kappa shape index (κ1) is 12.0. The minimum absolute atomic E-state index is 0.225. The Morgan fingerprint density at radius 2 is 2.00 bits per heavy atom. The number of esters is 1. The van der Waals surface area contributed by atoms with Gasteiger partial charge in [-0.15, -0.1) is 0 Å². The van der Waals surface area contributed by atoms with Gasteiger partial charge in [0.25, 0.3) is 0 Å². The zero-order chi connectivity index (χ0) is 13.1. The molecule has 0 heterocycles. The van der Waals surface area contributed by atoms with Crippen molar-refractivity contribution in [1.29, 1.82) is 0 Å². The number of rotatable bonds is 3. The quantitative estimate of drug-likeness (QED) is 0.614. The molecule has 3 aliphatic carbocycles. The molecular weight excluding hydrogens is 228 g/mol. The first-order chi connectivity index (χ1) is 8.45. The fourth-order valence-electron chi connectivity index (χ4n) is 4.06. The third-order valence-corrected chi connectivity index (χ3v) is 4.57. The van der Waals surface area contributed by atoms with Crippen molar-refractivity contribution < 1.29 is 14.6 Å². The van der Waals surface area contributed by atoms with E-state index in [-0.39, 0.29) is 5.97 Å². The molecule has 98 valence electrons. The summed E-state index contributed by atoms with van der Waals surface area (Å²) in [7, 11) is 0. The number of ether oxygens (including phenoxy) is 1. The molecule has 0 saturated heterocycles. The van der Waals surface area contributed by atoms with E-state index in [0.717, 1.165) is 17.6 Å². The summed E-state index contributed by atoms with van der Waals surface area (Å²) in [5.41, 5.74) is 0.760. The molecule has 3 heteroatoms. The van der Waals surface area contributed by atoms with Gasteiger partial charge < -0.3 is 9.84 Å². The summed E-state index contributed by atoms with van der Waals surface area (Å²) in [5, 5.41) is 10.3. The van der Waals surface area contributed by atoms with Gasteiger partial charge in [0.15, 0.2) is 0 Å². The van der Waals surface area contributed by atoms with E-state index >= 15 is 0 Å². The SMILES string of the molecule is CCOC(=O)C1=C(C(C)(C)O)[C@@H]2[C@H]1[C@H]1C=C[C@@H]2C1. The number of aliphatic hydroxyl groups is 1. The van der Waals surface area contributed by atoms with E-state index in [1.54, 1.807) is 13.8 Å². The summed E-state index contributed by atoms with van der Waals surface area (Å²) in [6, 6.07) is 0. The standard InChI is InChI=1S/C15H20O3/c1-4-18-14(16)12-10-8-5-6-9(7-8)11(10)13(12)15(2,3)17/h5-6,8-11,17H,4,7H2,1-3H3/t8-,9+,10+,11-/m0/s1. The van der Waals surface area contributed by atoms with Crippen LogP contribution in [0.1, 0.15) is 27.2 Å². The highest BCUT2D eigenvalue weighted by atomic mass is 16.5. The number of hydrogen-bond donors (Lipinski definition) is 1. The smallest absolute Gasteiger partial charge is 0.334 e. The number of carbonyl (C=O) groups is 1. The molecular formula is C15H20O3. The predicted octanol–water partition coefficient (Wildman–Crippen LogP) is 2.07. The highest BCUT2D eigenvalue weighted by Crippen LogP contribution is 2.63. The van der Waals surface area contributed by atoms with Gasteiger partial charge in [-0.1, -0.05) is 12.2 Å². The average molecular weight is 248 g/mol. The molecule has 0 amide bonds. The first-order valence-electron chi connectivity index (χ1n) is 6.77. The van der Waals surface area contributed by atoms with Crippen LogP contribution in [0.4, 0.5) is 0 Å². The Bertz CT molecular complexity index is 453. The van der Waals surface area contributed by atoms with E-state index < -0.39 is 5.60 Å². The first-order valence-corrected chi connectivity index (χ1v) is 6.77. The Morgan fingerprint density at radius 1 is 1.39 bits per heavy atom. The van der Waals surface area contributed by atoms with Gasteiger partial charge in [0.1, 0.15) is 0 Å². The molecule has 1 saturated carbocycles. The molecule has 18 heavy (non-hydrogen) atoms. The van der Waals surface area contributed by atoms with Crippen molar-refractivity contribution in [3.05, 3.63) is 23.3 Å². The lowest BCUT2D eigenvalue weighted by molar-refractivity contribution is -0.140. The van der Waals surface area contributed by atoms with Crippen LogP contribution in [0.15, 0.2) is 23.3 Å². The average Bonchev–Trinajstić information content (AvgIpc) is 2.72. The lowest BCUT2D eigenvalue weighted by Gasteiger charge is -2.46. The summed E-state index contributed by atoms with van der Waals surface area (Å²) < 4.78 is 5.16. The lowest BCUT2D eigenvalue weighted by Crippen LogP contribution is -2.46. The Balaban J connectivity index is 1.99. The normalized spacial score (nSPS) is 36.7. The van der Waals surface area contributed by atoms with E-state index in [0.29, 0.717) is 30.3 Å². The highest BCUT2D eigenvalue weighted by molar-refractivity contribution is 5.93. The molecule has 3 rings (SSSR count). The third-order valence-electron chi connectivity index (χ3n) is 4.57.